The number of rotatable bonds is 13. The minimum atomic E-state index is -0.817. The Bertz CT molecular complexity index is 1340. The molecule has 0 heterocycles. The van der Waals surface area contributed by atoms with Crippen LogP contribution in [0.5, 0.6) is 0 Å². The Hall–Kier alpha value is -3.87. The molecule has 0 bridgehead atoms. The summed E-state index contributed by atoms with van der Waals surface area (Å²) in [5.41, 5.74) is 4.84. The van der Waals surface area contributed by atoms with Gasteiger partial charge < -0.3 is 18.9 Å². The molecule has 204 valence electrons. The fourth-order valence-electron chi connectivity index (χ4n) is 4.70. The van der Waals surface area contributed by atoms with Gasteiger partial charge in [0.25, 0.3) is 0 Å². The predicted octanol–water partition coefficient (Wildman–Crippen LogP) is 6.47. The van der Waals surface area contributed by atoms with Crippen molar-refractivity contribution in [1.29, 1.82) is 0 Å². The van der Waals surface area contributed by atoms with Crippen molar-refractivity contribution in [3.8, 4) is 0 Å². The van der Waals surface area contributed by atoms with Crippen molar-refractivity contribution in [2.24, 2.45) is 0 Å². The highest BCUT2D eigenvalue weighted by molar-refractivity contribution is 5.96. The van der Waals surface area contributed by atoms with Crippen LogP contribution in [0.25, 0.3) is 0 Å². The van der Waals surface area contributed by atoms with Crippen LogP contribution in [0.1, 0.15) is 22.3 Å². The van der Waals surface area contributed by atoms with Crippen molar-refractivity contribution in [3.63, 3.8) is 0 Å². The second-order valence-corrected chi connectivity index (χ2v) is 9.80. The maximum Gasteiger partial charge on any atom is 0.187 e. The van der Waals surface area contributed by atoms with E-state index in [2.05, 4.69) is 0 Å². The molecule has 0 aromatic heterocycles. The predicted molar refractivity (Wildman–Crippen MR) is 154 cm³/mol. The van der Waals surface area contributed by atoms with E-state index < -0.39 is 18.3 Å². The van der Waals surface area contributed by atoms with Gasteiger partial charge in [0.2, 0.25) is 0 Å². The van der Waals surface area contributed by atoms with Crippen LogP contribution in [-0.2, 0) is 50.2 Å². The van der Waals surface area contributed by atoms with Gasteiger partial charge in [-0.15, -0.1) is 0 Å². The molecule has 5 rings (SSSR count). The molecule has 1 aliphatic carbocycles. The minimum absolute atomic E-state index is 0.146. The third kappa shape index (κ3) is 7.84. The topological polar surface area (TPSA) is 54.0 Å². The molecular weight excluding hydrogens is 500 g/mol. The van der Waals surface area contributed by atoms with Gasteiger partial charge in [-0.05, 0) is 33.9 Å². The molecule has 0 amide bonds. The van der Waals surface area contributed by atoms with Gasteiger partial charge in [0.15, 0.2) is 5.78 Å². The molecule has 4 aromatic carbocycles. The molecule has 0 radical (unpaired) electrons. The van der Waals surface area contributed by atoms with Gasteiger partial charge in [-0.1, -0.05) is 121 Å². The lowest BCUT2D eigenvalue weighted by Gasteiger charge is -2.37. The summed E-state index contributed by atoms with van der Waals surface area (Å²) in [4.78, 5) is 13.5. The van der Waals surface area contributed by atoms with Crippen LogP contribution in [0.3, 0.4) is 0 Å². The van der Waals surface area contributed by atoms with E-state index in [1.54, 1.807) is 6.08 Å². The molecule has 0 N–H and O–H groups in total. The number of ketones is 1. The lowest BCUT2D eigenvalue weighted by Crippen LogP contribution is -2.51. The summed E-state index contributed by atoms with van der Waals surface area (Å²) in [6.07, 6.45) is -0.375. The zero-order valence-electron chi connectivity index (χ0n) is 22.4. The zero-order valence-corrected chi connectivity index (χ0v) is 22.4. The highest BCUT2D eigenvalue weighted by Gasteiger charge is 2.42. The van der Waals surface area contributed by atoms with Crippen LogP contribution in [-0.4, -0.2) is 30.7 Å². The number of carbonyl (C=O) groups is 1. The minimum Gasteiger partial charge on any atom is -0.372 e. The molecule has 40 heavy (non-hydrogen) atoms. The van der Waals surface area contributed by atoms with Gasteiger partial charge in [-0.3, -0.25) is 4.79 Å². The highest BCUT2D eigenvalue weighted by Crippen LogP contribution is 2.28. The van der Waals surface area contributed by atoms with E-state index >= 15 is 0 Å². The van der Waals surface area contributed by atoms with E-state index in [1.165, 1.54) is 0 Å². The van der Waals surface area contributed by atoms with Crippen LogP contribution in [0.15, 0.2) is 133 Å². The molecule has 0 spiro atoms. The van der Waals surface area contributed by atoms with Crippen LogP contribution in [0, 0.1) is 0 Å². The van der Waals surface area contributed by atoms with Crippen molar-refractivity contribution in [2.45, 2.75) is 44.7 Å². The smallest absolute Gasteiger partial charge is 0.187 e. The van der Waals surface area contributed by atoms with Gasteiger partial charge in [0.1, 0.15) is 18.3 Å². The normalized spacial score (nSPS) is 18.9. The summed E-state index contributed by atoms with van der Waals surface area (Å²) in [7, 11) is 0. The number of carbonyl (C=O) groups excluding carboxylic acids is 1. The molecular formula is C35H34O5. The largest absolute Gasteiger partial charge is 0.372 e. The summed E-state index contributed by atoms with van der Waals surface area (Å²) in [6, 6.07) is 39.7. The summed E-state index contributed by atoms with van der Waals surface area (Å²) in [6.45, 7) is 1.67. The molecule has 0 saturated heterocycles. The number of hydrogen-bond donors (Lipinski definition) is 0. The van der Waals surface area contributed by atoms with Crippen molar-refractivity contribution in [2.75, 3.05) is 6.61 Å². The maximum atomic E-state index is 13.5. The molecule has 5 nitrogen and oxygen atoms in total. The molecule has 1 aliphatic rings. The molecule has 0 unspecified atom stereocenters. The molecule has 0 fully saturated rings. The van der Waals surface area contributed by atoms with E-state index in [4.69, 9.17) is 18.9 Å². The standard InChI is InChI=1S/C35H34O5/c36-32-21-31(26-37-22-27-13-5-1-6-14-27)33(38-23-28-15-7-2-8-16-28)35(40-25-30-19-11-4-12-20-30)34(32)39-24-29-17-9-3-10-18-29/h1-21,33-35H,22-26H2/t33-,34+,35+/m1/s1. The summed E-state index contributed by atoms with van der Waals surface area (Å²) >= 11 is 0. The first-order chi connectivity index (χ1) is 19.8. The van der Waals surface area contributed by atoms with Gasteiger partial charge in [-0.2, -0.15) is 0 Å². The highest BCUT2D eigenvalue weighted by atomic mass is 16.6. The lowest BCUT2D eigenvalue weighted by atomic mass is 9.90. The Morgan fingerprint density at radius 3 is 1.32 bits per heavy atom. The first kappa shape index (κ1) is 27.7. The number of ether oxygens (including phenoxy) is 4. The average Bonchev–Trinajstić information content (AvgIpc) is 3.01. The van der Waals surface area contributed by atoms with E-state index in [9.17, 15) is 4.79 Å². The molecule has 3 atom stereocenters. The van der Waals surface area contributed by atoms with Crippen LogP contribution < -0.4 is 0 Å². The Morgan fingerprint density at radius 1 is 0.450 bits per heavy atom. The maximum absolute atomic E-state index is 13.5. The second-order valence-electron chi connectivity index (χ2n) is 9.80. The molecule has 5 heteroatoms. The van der Waals surface area contributed by atoms with Gasteiger partial charge in [0.05, 0.1) is 33.0 Å². The van der Waals surface area contributed by atoms with Gasteiger partial charge in [-0.25, -0.2) is 0 Å². The summed E-state index contributed by atoms with van der Waals surface area (Å²) in [5.74, 6) is -0.146. The third-order valence-corrected chi connectivity index (χ3v) is 6.78. The van der Waals surface area contributed by atoms with E-state index in [-0.39, 0.29) is 12.4 Å². The monoisotopic (exact) mass is 534 g/mol. The summed E-state index contributed by atoms with van der Waals surface area (Å²) < 4.78 is 25.3. The first-order valence-corrected chi connectivity index (χ1v) is 13.6. The summed E-state index contributed by atoms with van der Waals surface area (Å²) in [5, 5.41) is 0. The average molecular weight is 535 g/mol. The second kappa shape index (κ2) is 14.5. The Morgan fingerprint density at radius 2 is 0.850 bits per heavy atom. The van der Waals surface area contributed by atoms with Crippen LogP contribution >= 0.6 is 0 Å². The molecule has 0 aliphatic heterocycles. The number of benzene rings is 4. The quantitative estimate of drug-likeness (QED) is 0.197. The molecule has 0 saturated carbocycles. The van der Waals surface area contributed by atoms with E-state index in [0.717, 1.165) is 27.8 Å². The molecule has 4 aromatic rings. The van der Waals surface area contributed by atoms with Gasteiger partial charge >= 0.3 is 0 Å². The zero-order chi connectivity index (χ0) is 27.4. The van der Waals surface area contributed by atoms with Crippen molar-refractivity contribution in [3.05, 3.63) is 155 Å². The van der Waals surface area contributed by atoms with E-state index in [0.29, 0.717) is 26.4 Å². The van der Waals surface area contributed by atoms with Crippen LogP contribution in [0.2, 0.25) is 0 Å². The third-order valence-electron chi connectivity index (χ3n) is 6.78. The van der Waals surface area contributed by atoms with Crippen LogP contribution in [0.4, 0.5) is 0 Å². The van der Waals surface area contributed by atoms with Crippen molar-refractivity contribution in [1.82, 2.24) is 0 Å². The van der Waals surface area contributed by atoms with Crippen molar-refractivity contribution < 1.29 is 23.7 Å². The van der Waals surface area contributed by atoms with Crippen molar-refractivity contribution >= 4 is 5.78 Å². The Labute approximate surface area is 236 Å². The lowest BCUT2D eigenvalue weighted by molar-refractivity contribution is -0.163. The fourth-order valence-corrected chi connectivity index (χ4v) is 4.70. The number of hydrogen-bond acceptors (Lipinski definition) is 5. The van der Waals surface area contributed by atoms with Gasteiger partial charge in [0, 0.05) is 0 Å². The Balaban J connectivity index is 1.39. The first-order valence-electron chi connectivity index (χ1n) is 13.6. The van der Waals surface area contributed by atoms with E-state index in [1.807, 2.05) is 121 Å². The fraction of sp³-hybridized carbons (Fsp3) is 0.229. The SMILES string of the molecule is O=C1C=C(COCc2ccccc2)[C@@H](OCc2ccccc2)[C@H](OCc2ccccc2)[C@H]1OCc1ccccc1. The Kier molecular flexibility index (Phi) is 10.0.